The fourth-order valence-electron chi connectivity index (χ4n) is 9.42. The van der Waals surface area contributed by atoms with Crippen LogP contribution in [0.15, 0.2) is 229 Å². The maximum atomic E-state index is 6.39. The smallest absolute Gasteiger partial charge is 0.166 e. The number of hydrogen-bond donors (Lipinski definition) is 0. The predicted octanol–water partition coefficient (Wildman–Crippen LogP) is 14.7. The minimum Gasteiger partial charge on any atom is -0.456 e. The molecule has 8 heteroatoms. The highest BCUT2D eigenvalue weighted by molar-refractivity contribution is 6.16. The zero-order chi connectivity index (χ0) is 45.0. The monoisotopic (exact) mass is 871 g/mol. The molecule has 13 rings (SSSR count). The van der Waals surface area contributed by atoms with Gasteiger partial charge in [-0.15, -0.1) is 0 Å². The third kappa shape index (κ3) is 6.70. The summed E-state index contributed by atoms with van der Waals surface area (Å²) < 4.78 is 8.73. The average molecular weight is 872 g/mol. The Bertz CT molecular complexity index is 3960. The van der Waals surface area contributed by atoms with Crippen LogP contribution in [0.5, 0.6) is 0 Å². The minimum absolute atomic E-state index is 0.487. The van der Waals surface area contributed by atoms with Crippen LogP contribution in [0.25, 0.3) is 129 Å². The van der Waals surface area contributed by atoms with Crippen molar-refractivity contribution < 1.29 is 4.42 Å². The van der Waals surface area contributed by atoms with Gasteiger partial charge in [-0.2, -0.15) is 0 Å². The van der Waals surface area contributed by atoms with Gasteiger partial charge in [0.25, 0.3) is 0 Å². The first-order valence-corrected chi connectivity index (χ1v) is 22.5. The lowest BCUT2D eigenvalue weighted by Gasteiger charge is -2.16. The molecule has 0 bridgehead atoms. The molecule has 0 spiro atoms. The van der Waals surface area contributed by atoms with Crippen molar-refractivity contribution >= 4 is 43.7 Å². The Kier molecular flexibility index (Phi) is 9.31. The maximum absolute atomic E-state index is 6.39. The van der Waals surface area contributed by atoms with Gasteiger partial charge in [-0.05, 0) is 53.6 Å². The Labute approximate surface area is 390 Å². The quantitative estimate of drug-likeness (QED) is 0.150. The molecule has 0 amide bonds. The molecule has 0 radical (unpaired) electrons. The van der Waals surface area contributed by atoms with Gasteiger partial charge in [-0.25, -0.2) is 29.9 Å². The van der Waals surface area contributed by atoms with E-state index in [1.807, 2.05) is 121 Å². The molecule has 0 N–H and O–H groups in total. The summed E-state index contributed by atoms with van der Waals surface area (Å²) >= 11 is 0. The molecule has 9 aromatic carbocycles. The van der Waals surface area contributed by atoms with Crippen LogP contribution in [-0.4, -0.2) is 34.5 Å². The number of aromatic nitrogens is 7. The first-order chi connectivity index (χ1) is 33.7. The number of para-hydroxylation sites is 2. The highest BCUT2D eigenvalue weighted by Crippen LogP contribution is 2.42. The summed E-state index contributed by atoms with van der Waals surface area (Å²) in [4.78, 5) is 31.4. The van der Waals surface area contributed by atoms with E-state index in [4.69, 9.17) is 34.3 Å². The second kappa shape index (κ2) is 16.2. The predicted molar refractivity (Wildman–Crippen MR) is 273 cm³/mol. The number of nitrogens with zero attached hydrogens (tertiary/aromatic N) is 7. The van der Waals surface area contributed by atoms with E-state index in [0.717, 1.165) is 93.9 Å². The molecule has 0 atom stereocenters. The van der Waals surface area contributed by atoms with E-state index in [1.165, 1.54) is 0 Å². The fraction of sp³-hybridized carbons (Fsp3) is 0. The number of rotatable bonds is 8. The first-order valence-electron chi connectivity index (χ1n) is 22.5. The third-order valence-electron chi connectivity index (χ3n) is 12.5. The van der Waals surface area contributed by atoms with E-state index in [2.05, 4.69) is 108 Å². The van der Waals surface area contributed by atoms with Gasteiger partial charge in [0, 0.05) is 54.9 Å². The topological polar surface area (TPSA) is 95.4 Å². The van der Waals surface area contributed by atoms with Gasteiger partial charge in [-0.3, -0.25) is 0 Å². The summed E-state index contributed by atoms with van der Waals surface area (Å²) in [6, 6.07) is 76.4. The summed E-state index contributed by atoms with van der Waals surface area (Å²) in [6.07, 6.45) is 0. The lowest BCUT2D eigenvalue weighted by molar-refractivity contribution is 0.669. The molecule has 0 aliphatic carbocycles. The highest BCUT2D eigenvalue weighted by atomic mass is 16.3. The largest absolute Gasteiger partial charge is 0.456 e. The Balaban J connectivity index is 1.12. The van der Waals surface area contributed by atoms with Crippen LogP contribution in [0.3, 0.4) is 0 Å². The molecule has 68 heavy (non-hydrogen) atoms. The van der Waals surface area contributed by atoms with Gasteiger partial charge < -0.3 is 8.98 Å². The van der Waals surface area contributed by atoms with Crippen molar-refractivity contribution in [1.82, 2.24) is 34.5 Å². The summed E-state index contributed by atoms with van der Waals surface area (Å²) in [5.74, 6) is 3.22. The van der Waals surface area contributed by atoms with Gasteiger partial charge >= 0.3 is 0 Å². The summed E-state index contributed by atoms with van der Waals surface area (Å²) in [6.45, 7) is 0. The van der Waals surface area contributed by atoms with Crippen LogP contribution in [-0.2, 0) is 0 Å². The minimum atomic E-state index is 0.487. The van der Waals surface area contributed by atoms with Gasteiger partial charge in [-0.1, -0.05) is 182 Å². The van der Waals surface area contributed by atoms with Crippen molar-refractivity contribution in [3.63, 3.8) is 0 Å². The van der Waals surface area contributed by atoms with Crippen molar-refractivity contribution in [3.05, 3.63) is 224 Å². The van der Waals surface area contributed by atoms with Crippen molar-refractivity contribution in [3.8, 4) is 85.1 Å². The van der Waals surface area contributed by atoms with Crippen LogP contribution in [0.4, 0.5) is 0 Å². The van der Waals surface area contributed by atoms with E-state index >= 15 is 0 Å². The Hall–Kier alpha value is -9.40. The molecular formula is C60H37N7O. The molecule has 0 aliphatic heterocycles. The van der Waals surface area contributed by atoms with Crippen LogP contribution in [0.1, 0.15) is 0 Å². The summed E-state index contributed by atoms with van der Waals surface area (Å²) in [5.41, 5.74) is 11.8. The number of benzene rings is 9. The molecule has 0 saturated carbocycles. The Morgan fingerprint density at radius 1 is 0.279 bits per heavy atom. The summed E-state index contributed by atoms with van der Waals surface area (Å²) in [7, 11) is 0. The lowest BCUT2D eigenvalue weighted by Crippen LogP contribution is -2.05. The van der Waals surface area contributed by atoms with Crippen molar-refractivity contribution in [1.29, 1.82) is 0 Å². The zero-order valence-corrected chi connectivity index (χ0v) is 36.4. The van der Waals surface area contributed by atoms with Gasteiger partial charge in [0.1, 0.15) is 11.2 Å². The second-order valence-corrected chi connectivity index (χ2v) is 16.6. The normalized spacial score (nSPS) is 11.5. The molecule has 4 aromatic heterocycles. The second-order valence-electron chi connectivity index (χ2n) is 16.6. The van der Waals surface area contributed by atoms with Crippen LogP contribution in [0, 0.1) is 0 Å². The van der Waals surface area contributed by atoms with E-state index in [0.29, 0.717) is 34.9 Å². The SMILES string of the molecule is c1ccc(-c2nc(-c3ccccc3)nc(-c3ccc(-n4c5ccccc5c5c(-c6ccccc6)cccc54)c(-c4nc(-c5ccccc5)nc(-c5cccc6oc7ccccc7c56)n4)c3)n2)cc1. The van der Waals surface area contributed by atoms with E-state index in [9.17, 15) is 0 Å². The number of fused-ring (bicyclic) bond motifs is 6. The van der Waals surface area contributed by atoms with E-state index < -0.39 is 0 Å². The van der Waals surface area contributed by atoms with Gasteiger partial charge in [0.05, 0.1) is 16.7 Å². The molecule has 0 unspecified atom stereocenters. The van der Waals surface area contributed by atoms with Crippen molar-refractivity contribution in [2.24, 2.45) is 0 Å². The van der Waals surface area contributed by atoms with E-state index in [-0.39, 0.29) is 0 Å². The molecule has 8 nitrogen and oxygen atoms in total. The Morgan fingerprint density at radius 3 is 1.38 bits per heavy atom. The molecule has 318 valence electrons. The Morgan fingerprint density at radius 2 is 0.735 bits per heavy atom. The van der Waals surface area contributed by atoms with Crippen LogP contribution >= 0.6 is 0 Å². The van der Waals surface area contributed by atoms with Crippen molar-refractivity contribution in [2.45, 2.75) is 0 Å². The molecule has 0 aliphatic rings. The van der Waals surface area contributed by atoms with E-state index in [1.54, 1.807) is 0 Å². The fourth-order valence-corrected chi connectivity index (χ4v) is 9.42. The first kappa shape index (κ1) is 39.0. The number of furan rings is 1. The summed E-state index contributed by atoms with van der Waals surface area (Å²) in [5, 5.41) is 4.22. The van der Waals surface area contributed by atoms with Gasteiger partial charge in [0.15, 0.2) is 34.9 Å². The molecule has 13 aromatic rings. The molecule has 4 heterocycles. The zero-order valence-electron chi connectivity index (χ0n) is 36.4. The van der Waals surface area contributed by atoms with Crippen LogP contribution in [0.2, 0.25) is 0 Å². The molecule has 0 fully saturated rings. The van der Waals surface area contributed by atoms with Crippen LogP contribution < -0.4 is 0 Å². The van der Waals surface area contributed by atoms with Gasteiger partial charge in [0.2, 0.25) is 0 Å². The third-order valence-corrected chi connectivity index (χ3v) is 12.5. The maximum Gasteiger partial charge on any atom is 0.166 e. The number of hydrogen-bond acceptors (Lipinski definition) is 7. The standard InChI is InChI=1S/C60H37N7O/c1-5-19-38(20-6-1)43-29-17-32-50-53(43)44-27-13-15-31-48(44)67(50)49-36-35-42(58-62-55(39-21-7-2-8-22-39)61-56(63-58)40-23-9-3-10-24-40)37-47(49)60-65-57(41-25-11-4-12-26-41)64-59(66-60)46-30-18-34-52-54(46)45-28-14-16-33-51(45)68-52/h1-37H. The molecular weight excluding hydrogens is 835 g/mol. The molecule has 0 saturated heterocycles. The van der Waals surface area contributed by atoms with Crippen molar-refractivity contribution in [2.75, 3.05) is 0 Å². The lowest BCUT2D eigenvalue weighted by atomic mass is 9.99. The highest BCUT2D eigenvalue weighted by Gasteiger charge is 2.24. The average Bonchev–Trinajstić information content (AvgIpc) is 3.98.